The van der Waals surface area contributed by atoms with Crippen LogP contribution < -0.4 is 5.73 Å². The Bertz CT molecular complexity index is 400. The maximum Gasteiger partial charge on any atom is 0.232 e. The molecule has 1 aromatic rings. The van der Waals surface area contributed by atoms with Crippen molar-refractivity contribution in [3.05, 3.63) is 11.7 Å². The SMILES string of the molecule is CC1(c2nc(C3CCC(CN)O3)no2)CCC1. The second-order valence-electron chi connectivity index (χ2n) is 5.43. The lowest BCUT2D eigenvalue weighted by Gasteiger charge is -2.34. The van der Waals surface area contributed by atoms with Crippen molar-refractivity contribution in [1.29, 1.82) is 0 Å². The van der Waals surface area contributed by atoms with Gasteiger partial charge in [-0.25, -0.2) is 0 Å². The summed E-state index contributed by atoms with van der Waals surface area (Å²) >= 11 is 0. The maximum absolute atomic E-state index is 5.76. The average Bonchev–Trinajstić information content (AvgIpc) is 2.94. The van der Waals surface area contributed by atoms with Crippen LogP contribution in [0.3, 0.4) is 0 Å². The third-order valence-electron chi connectivity index (χ3n) is 4.07. The van der Waals surface area contributed by atoms with Crippen molar-refractivity contribution in [3.8, 4) is 0 Å². The predicted molar refractivity (Wildman–Crippen MR) is 61.4 cm³/mol. The summed E-state index contributed by atoms with van der Waals surface area (Å²) in [6.45, 7) is 2.75. The normalized spacial score (nSPS) is 31.4. The molecule has 2 unspecified atom stereocenters. The van der Waals surface area contributed by atoms with E-state index < -0.39 is 0 Å². The second-order valence-corrected chi connectivity index (χ2v) is 5.43. The number of aromatic nitrogens is 2. The smallest absolute Gasteiger partial charge is 0.232 e. The van der Waals surface area contributed by atoms with Crippen LogP contribution in [0.15, 0.2) is 4.52 Å². The van der Waals surface area contributed by atoms with Gasteiger partial charge in [0.05, 0.1) is 6.10 Å². The summed E-state index contributed by atoms with van der Waals surface area (Å²) in [6.07, 6.45) is 5.60. The fourth-order valence-corrected chi connectivity index (χ4v) is 2.60. The number of nitrogens with zero attached hydrogens (tertiary/aromatic N) is 2. The third kappa shape index (κ3) is 1.87. The van der Waals surface area contributed by atoms with Gasteiger partial charge in [0.15, 0.2) is 0 Å². The van der Waals surface area contributed by atoms with Crippen LogP contribution in [0.2, 0.25) is 0 Å². The van der Waals surface area contributed by atoms with Gasteiger partial charge in [-0.2, -0.15) is 4.98 Å². The minimum atomic E-state index is -0.0234. The Morgan fingerprint density at radius 2 is 2.24 bits per heavy atom. The van der Waals surface area contributed by atoms with Crippen molar-refractivity contribution in [2.45, 2.75) is 56.7 Å². The standard InChI is InChI=1S/C12H19N3O2/c1-12(5-2-6-12)11-14-10(15-17-11)9-4-3-8(7-13)16-9/h8-9H,2-7,13H2,1H3. The van der Waals surface area contributed by atoms with Crippen molar-refractivity contribution in [3.63, 3.8) is 0 Å². The summed E-state index contributed by atoms with van der Waals surface area (Å²) in [5, 5.41) is 4.06. The van der Waals surface area contributed by atoms with Crippen LogP contribution in [-0.4, -0.2) is 22.8 Å². The molecule has 17 heavy (non-hydrogen) atoms. The fraction of sp³-hybridized carbons (Fsp3) is 0.833. The average molecular weight is 237 g/mol. The van der Waals surface area contributed by atoms with E-state index in [0.29, 0.717) is 12.4 Å². The first-order valence-corrected chi connectivity index (χ1v) is 6.41. The zero-order valence-electron chi connectivity index (χ0n) is 10.2. The lowest BCUT2D eigenvalue weighted by molar-refractivity contribution is 0.0435. The zero-order valence-corrected chi connectivity index (χ0v) is 10.2. The van der Waals surface area contributed by atoms with E-state index in [4.69, 9.17) is 15.0 Å². The van der Waals surface area contributed by atoms with E-state index in [1.165, 1.54) is 6.42 Å². The Hall–Kier alpha value is -0.940. The number of hydrogen-bond acceptors (Lipinski definition) is 5. The number of nitrogens with two attached hydrogens (primary N) is 1. The topological polar surface area (TPSA) is 74.2 Å². The summed E-state index contributed by atoms with van der Waals surface area (Å²) in [7, 11) is 0. The molecule has 0 bridgehead atoms. The van der Waals surface area contributed by atoms with Gasteiger partial charge in [0.2, 0.25) is 11.7 Å². The molecule has 1 aliphatic carbocycles. The fourth-order valence-electron chi connectivity index (χ4n) is 2.60. The minimum absolute atomic E-state index is 0.0234. The number of rotatable bonds is 3. The molecule has 2 fully saturated rings. The highest BCUT2D eigenvalue weighted by Crippen LogP contribution is 2.43. The molecule has 2 atom stereocenters. The molecule has 0 aromatic carbocycles. The molecule has 94 valence electrons. The molecule has 2 heterocycles. The molecule has 0 amide bonds. The summed E-state index contributed by atoms with van der Waals surface area (Å²) in [5.74, 6) is 1.47. The highest BCUT2D eigenvalue weighted by Gasteiger charge is 2.40. The van der Waals surface area contributed by atoms with Crippen molar-refractivity contribution in [2.75, 3.05) is 6.54 Å². The molecule has 0 spiro atoms. The molecular weight excluding hydrogens is 218 g/mol. The lowest BCUT2D eigenvalue weighted by Crippen LogP contribution is -2.30. The summed E-state index contributed by atoms with van der Waals surface area (Å²) in [6, 6.07) is 0. The first-order chi connectivity index (χ1) is 8.21. The Morgan fingerprint density at radius 1 is 1.41 bits per heavy atom. The van der Waals surface area contributed by atoms with Gasteiger partial charge in [0, 0.05) is 12.0 Å². The molecule has 1 saturated heterocycles. The molecule has 5 heteroatoms. The van der Waals surface area contributed by atoms with E-state index in [2.05, 4.69) is 17.1 Å². The van der Waals surface area contributed by atoms with Gasteiger partial charge >= 0.3 is 0 Å². The molecule has 1 aromatic heterocycles. The van der Waals surface area contributed by atoms with Crippen molar-refractivity contribution in [2.24, 2.45) is 5.73 Å². The molecule has 2 N–H and O–H groups in total. The molecule has 1 aliphatic heterocycles. The highest BCUT2D eigenvalue weighted by atomic mass is 16.5. The monoisotopic (exact) mass is 237 g/mol. The van der Waals surface area contributed by atoms with Gasteiger partial charge in [0.25, 0.3) is 0 Å². The predicted octanol–water partition coefficient (Wildman–Crippen LogP) is 1.69. The molecule has 0 radical (unpaired) electrons. The van der Waals surface area contributed by atoms with E-state index in [1.807, 2.05) is 0 Å². The second kappa shape index (κ2) is 4.07. The van der Waals surface area contributed by atoms with Crippen LogP contribution in [0, 0.1) is 0 Å². The third-order valence-corrected chi connectivity index (χ3v) is 4.07. The summed E-state index contributed by atoms with van der Waals surface area (Å²) in [4.78, 5) is 4.51. The highest BCUT2D eigenvalue weighted by molar-refractivity contribution is 5.09. The van der Waals surface area contributed by atoms with E-state index >= 15 is 0 Å². The number of hydrogen-bond donors (Lipinski definition) is 1. The van der Waals surface area contributed by atoms with Crippen LogP contribution in [0.25, 0.3) is 0 Å². The van der Waals surface area contributed by atoms with Crippen LogP contribution in [0.5, 0.6) is 0 Å². The molecule has 5 nitrogen and oxygen atoms in total. The van der Waals surface area contributed by atoms with Gasteiger partial charge in [-0.05, 0) is 25.7 Å². The van der Waals surface area contributed by atoms with E-state index in [0.717, 1.165) is 31.6 Å². The van der Waals surface area contributed by atoms with Crippen LogP contribution in [0.4, 0.5) is 0 Å². The largest absolute Gasteiger partial charge is 0.366 e. The molecule has 2 aliphatic rings. The lowest BCUT2D eigenvalue weighted by atomic mass is 9.70. The van der Waals surface area contributed by atoms with Gasteiger partial charge in [-0.1, -0.05) is 18.5 Å². The molecule has 1 saturated carbocycles. The van der Waals surface area contributed by atoms with Gasteiger partial charge in [0.1, 0.15) is 6.10 Å². The summed E-state index contributed by atoms with van der Waals surface area (Å²) < 4.78 is 11.1. The van der Waals surface area contributed by atoms with Crippen LogP contribution in [-0.2, 0) is 10.2 Å². The van der Waals surface area contributed by atoms with Gasteiger partial charge in [-0.15, -0.1) is 0 Å². The Labute approximate surface area is 101 Å². The van der Waals surface area contributed by atoms with Crippen molar-refractivity contribution >= 4 is 0 Å². The molecular formula is C12H19N3O2. The molecule has 3 rings (SSSR count). The Balaban J connectivity index is 1.72. The first kappa shape index (κ1) is 11.2. The van der Waals surface area contributed by atoms with E-state index in [9.17, 15) is 0 Å². The summed E-state index contributed by atoms with van der Waals surface area (Å²) in [5.41, 5.74) is 5.70. The van der Waals surface area contributed by atoms with Crippen molar-refractivity contribution < 1.29 is 9.26 Å². The van der Waals surface area contributed by atoms with Crippen molar-refractivity contribution in [1.82, 2.24) is 10.1 Å². The quantitative estimate of drug-likeness (QED) is 0.865. The van der Waals surface area contributed by atoms with Gasteiger partial charge < -0.3 is 15.0 Å². The first-order valence-electron chi connectivity index (χ1n) is 6.41. The van der Waals surface area contributed by atoms with Crippen LogP contribution >= 0.6 is 0 Å². The van der Waals surface area contributed by atoms with E-state index in [-0.39, 0.29) is 17.6 Å². The Morgan fingerprint density at radius 3 is 2.82 bits per heavy atom. The zero-order chi connectivity index (χ0) is 11.9. The van der Waals surface area contributed by atoms with E-state index in [1.54, 1.807) is 0 Å². The van der Waals surface area contributed by atoms with Crippen LogP contribution in [0.1, 0.15) is 56.8 Å². The van der Waals surface area contributed by atoms with Gasteiger partial charge in [-0.3, -0.25) is 0 Å². The Kier molecular flexibility index (Phi) is 2.67. The maximum atomic E-state index is 5.76. The number of ether oxygens (including phenoxy) is 1. The minimum Gasteiger partial charge on any atom is -0.366 e.